The first kappa shape index (κ1) is 13.7. The number of rotatable bonds is 6. The molecule has 0 saturated carbocycles. The third-order valence-electron chi connectivity index (χ3n) is 3.13. The molecule has 0 amide bonds. The molecule has 0 bridgehead atoms. The van der Waals surface area contributed by atoms with Crippen molar-refractivity contribution in [3.05, 3.63) is 65.5 Å². The molecule has 1 aromatic carbocycles. The summed E-state index contributed by atoms with van der Waals surface area (Å²) in [4.78, 5) is 4.14. The van der Waals surface area contributed by atoms with Crippen LogP contribution in [0.1, 0.15) is 29.7 Å². The van der Waals surface area contributed by atoms with Crippen molar-refractivity contribution >= 4 is 0 Å². The molecule has 0 radical (unpaired) electrons. The number of nitrogens with one attached hydrogen (secondary N) is 1. The largest absolute Gasteiger partial charge is 0.380 e. The molecule has 19 heavy (non-hydrogen) atoms. The van der Waals surface area contributed by atoms with Gasteiger partial charge in [-0.3, -0.25) is 4.98 Å². The first-order valence-corrected chi connectivity index (χ1v) is 6.49. The van der Waals surface area contributed by atoms with Crippen molar-refractivity contribution in [2.45, 2.75) is 26.1 Å². The van der Waals surface area contributed by atoms with Gasteiger partial charge in [0, 0.05) is 32.1 Å². The van der Waals surface area contributed by atoms with Crippen LogP contribution in [0.2, 0.25) is 0 Å². The summed E-state index contributed by atoms with van der Waals surface area (Å²) in [7, 11) is 1.71. The van der Waals surface area contributed by atoms with E-state index in [2.05, 4.69) is 47.6 Å². The number of benzene rings is 1. The summed E-state index contributed by atoms with van der Waals surface area (Å²) in [5.74, 6) is 0. The quantitative estimate of drug-likeness (QED) is 0.862. The lowest BCUT2D eigenvalue weighted by Gasteiger charge is -2.14. The fraction of sp³-hybridized carbons (Fsp3) is 0.312. The third-order valence-corrected chi connectivity index (χ3v) is 3.13. The van der Waals surface area contributed by atoms with E-state index in [9.17, 15) is 0 Å². The minimum Gasteiger partial charge on any atom is -0.380 e. The zero-order valence-electron chi connectivity index (χ0n) is 11.5. The van der Waals surface area contributed by atoms with Crippen LogP contribution in [0.25, 0.3) is 0 Å². The van der Waals surface area contributed by atoms with Gasteiger partial charge in [-0.25, -0.2) is 0 Å². The molecule has 0 aliphatic heterocycles. The summed E-state index contributed by atoms with van der Waals surface area (Å²) in [6.45, 7) is 3.67. The molecule has 0 aliphatic carbocycles. The summed E-state index contributed by atoms with van der Waals surface area (Å²) in [5.41, 5.74) is 3.68. The molecule has 0 saturated heterocycles. The zero-order valence-corrected chi connectivity index (χ0v) is 11.5. The molecule has 2 rings (SSSR count). The van der Waals surface area contributed by atoms with Crippen molar-refractivity contribution < 1.29 is 4.74 Å². The van der Waals surface area contributed by atoms with Crippen molar-refractivity contribution in [2.75, 3.05) is 7.11 Å². The summed E-state index contributed by atoms with van der Waals surface area (Å²) in [6.07, 6.45) is 3.70. The Hall–Kier alpha value is -1.71. The van der Waals surface area contributed by atoms with Crippen molar-refractivity contribution in [3.8, 4) is 0 Å². The Kier molecular flexibility index (Phi) is 5.07. The highest BCUT2D eigenvalue weighted by molar-refractivity contribution is 5.22. The molecule has 1 atom stereocenters. The van der Waals surface area contributed by atoms with E-state index in [1.165, 1.54) is 16.7 Å². The highest BCUT2D eigenvalue weighted by Crippen LogP contribution is 2.12. The second-order valence-electron chi connectivity index (χ2n) is 4.64. The standard InChI is InChI=1S/C16H20N2O/c1-13(16-4-3-9-17-11-16)18-10-14-5-7-15(8-6-14)12-19-2/h3-9,11,13,18H,10,12H2,1-2H3/t13-/m0/s1. The van der Waals surface area contributed by atoms with Gasteiger partial charge in [0.2, 0.25) is 0 Å². The van der Waals surface area contributed by atoms with Crippen LogP contribution in [0, 0.1) is 0 Å². The van der Waals surface area contributed by atoms with Crippen LogP contribution in [0.4, 0.5) is 0 Å². The van der Waals surface area contributed by atoms with E-state index in [1.54, 1.807) is 13.3 Å². The maximum absolute atomic E-state index is 5.10. The van der Waals surface area contributed by atoms with E-state index >= 15 is 0 Å². The molecule has 3 heteroatoms. The van der Waals surface area contributed by atoms with Crippen molar-refractivity contribution in [2.24, 2.45) is 0 Å². The van der Waals surface area contributed by atoms with Gasteiger partial charge in [0.1, 0.15) is 0 Å². The van der Waals surface area contributed by atoms with E-state index in [0.29, 0.717) is 12.6 Å². The van der Waals surface area contributed by atoms with Gasteiger partial charge in [0.25, 0.3) is 0 Å². The molecule has 2 aromatic rings. The molecular weight excluding hydrogens is 236 g/mol. The zero-order chi connectivity index (χ0) is 13.5. The number of pyridine rings is 1. The molecule has 0 fully saturated rings. The predicted octanol–water partition coefficient (Wildman–Crippen LogP) is 3.08. The molecule has 0 spiro atoms. The van der Waals surface area contributed by atoms with Crippen LogP contribution in [0.3, 0.4) is 0 Å². The number of ether oxygens (including phenoxy) is 1. The number of methoxy groups -OCH3 is 1. The van der Waals surface area contributed by atoms with Gasteiger partial charge in [-0.15, -0.1) is 0 Å². The molecule has 3 nitrogen and oxygen atoms in total. The summed E-state index contributed by atoms with van der Waals surface area (Å²) >= 11 is 0. The first-order chi connectivity index (χ1) is 9.29. The minimum atomic E-state index is 0.298. The van der Waals surface area contributed by atoms with Crippen molar-refractivity contribution in [1.29, 1.82) is 0 Å². The molecule has 0 aliphatic rings. The average Bonchev–Trinajstić information content (AvgIpc) is 2.47. The highest BCUT2D eigenvalue weighted by Gasteiger charge is 2.04. The third kappa shape index (κ3) is 4.16. The molecule has 1 aromatic heterocycles. The summed E-state index contributed by atoms with van der Waals surface area (Å²) in [5, 5.41) is 3.50. The Morgan fingerprint density at radius 3 is 2.53 bits per heavy atom. The average molecular weight is 256 g/mol. The molecule has 1 heterocycles. The summed E-state index contributed by atoms with van der Waals surface area (Å²) in [6, 6.07) is 12.8. The lowest BCUT2D eigenvalue weighted by Crippen LogP contribution is -2.18. The molecule has 1 N–H and O–H groups in total. The Bertz CT molecular complexity index is 482. The Morgan fingerprint density at radius 1 is 1.16 bits per heavy atom. The maximum Gasteiger partial charge on any atom is 0.0713 e. The van der Waals surface area contributed by atoms with E-state index in [1.807, 2.05) is 12.3 Å². The number of nitrogens with zero attached hydrogens (tertiary/aromatic N) is 1. The van der Waals surface area contributed by atoms with Gasteiger partial charge in [-0.2, -0.15) is 0 Å². The van der Waals surface area contributed by atoms with Crippen LogP contribution in [0.15, 0.2) is 48.8 Å². The maximum atomic E-state index is 5.10. The predicted molar refractivity (Wildman–Crippen MR) is 76.6 cm³/mol. The smallest absolute Gasteiger partial charge is 0.0713 e. The molecular formula is C16H20N2O. The monoisotopic (exact) mass is 256 g/mol. The van der Waals surface area contributed by atoms with Gasteiger partial charge >= 0.3 is 0 Å². The van der Waals surface area contributed by atoms with E-state index in [-0.39, 0.29) is 0 Å². The van der Waals surface area contributed by atoms with Crippen LogP contribution in [-0.4, -0.2) is 12.1 Å². The first-order valence-electron chi connectivity index (χ1n) is 6.49. The molecule has 100 valence electrons. The number of hydrogen-bond donors (Lipinski definition) is 1. The van der Waals surface area contributed by atoms with Crippen molar-refractivity contribution in [3.63, 3.8) is 0 Å². The van der Waals surface area contributed by atoms with Gasteiger partial charge < -0.3 is 10.1 Å². The summed E-state index contributed by atoms with van der Waals surface area (Å²) < 4.78 is 5.10. The van der Waals surface area contributed by atoms with Crippen LogP contribution < -0.4 is 5.32 Å². The van der Waals surface area contributed by atoms with Crippen LogP contribution in [0.5, 0.6) is 0 Å². The fourth-order valence-corrected chi connectivity index (χ4v) is 1.94. The molecule has 0 unspecified atom stereocenters. The Morgan fingerprint density at radius 2 is 1.89 bits per heavy atom. The number of hydrogen-bond acceptors (Lipinski definition) is 3. The second-order valence-corrected chi connectivity index (χ2v) is 4.64. The number of aromatic nitrogens is 1. The van der Waals surface area contributed by atoms with Gasteiger partial charge in [0.05, 0.1) is 6.61 Å². The highest BCUT2D eigenvalue weighted by atomic mass is 16.5. The van der Waals surface area contributed by atoms with E-state index < -0.39 is 0 Å². The van der Waals surface area contributed by atoms with Crippen molar-refractivity contribution in [1.82, 2.24) is 10.3 Å². The van der Waals surface area contributed by atoms with Crippen LogP contribution >= 0.6 is 0 Å². The van der Waals surface area contributed by atoms with E-state index in [4.69, 9.17) is 4.74 Å². The van der Waals surface area contributed by atoms with Gasteiger partial charge in [-0.1, -0.05) is 30.3 Å². The lowest BCUT2D eigenvalue weighted by atomic mass is 10.1. The van der Waals surface area contributed by atoms with E-state index in [0.717, 1.165) is 6.54 Å². The van der Waals surface area contributed by atoms with Gasteiger partial charge in [-0.05, 0) is 29.7 Å². The Balaban J connectivity index is 1.88. The van der Waals surface area contributed by atoms with Gasteiger partial charge in [0.15, 0.2) is 0 Å². The van der Waals surface area contributed by atoms with Crippen LogP contribution in [-0.2, 0) is 17.9 Å². The fourth-order valence-electron chi connectivity index (χ4n) is 1.94. The minimum absolute atomic E-state index is 0.298. The topological polar surface area (TPSA) is 34.1 Å². The lowest BCUT2D eigenvalue weighted by molar-refractivity contribution is 0.185. The Labute approximate surface area is 114 Å². The SMILES string of the molecule is COCc1ccc(CN[C@@H](C)c2cccnc2)cc1. The normalized spacial score (nSPS) is 12.3. The second kappa shape index (κ2) is 7.02.